The van der Waals surface area contributed by atoms with Gasteiger partial charge in [-0.05, 0) is 25.7 Å². The largest absolute Gasteiger partial charge is 2.00 e. The molecule has 0 aliphatic heterocycles. The summed E-state index contributed by atoms with van der Waals surface area (Å²) in [6, 6.07) is 0. The van der Waals surface area contributed by atoms with Gasteiger partial charge >= 0.3 is 23.1 Å². The quantitative estimate of drug-likeness (QED) is 0.0346. The van der Waals surface area contributed by atoms with Gasteiger partial charge in [0.15, 0.2) is 0 Å². The van der Waals surface area contributed by atoms with E-state index < -0.39 is 43.5 Å². The molecule has 0 aromatic heterocycles. The van der Waals surface area contributed by atoms with Crippen LogP contribution in [0.4, 0.5) is 0 Å². The summed E-state index contributed by atoms with van der Waals surface area (Å²) in [7, 11) is 0. The van der Waals surface area contributed by atoms with Crippen molar-refractivity contribution in [3.8, 4) is 0 Å². The molecule has 0 unspecified atom stereocenters. The number of hydrogen-bond donors (Lipinski definition) is 5. The normalized spacial score (nSPS) is 12.5. The van der Waals surface area contributed by atoms with Crippen LogP contribution in [0.3, 0.4) is 0 Å². The van der Waals surface area contributed by atoms with Gasteiger partial charge in [-0.3, -0.25) is 0 Å². The summed E-state index contributed by atoms with van der Waals surface area (Å²) < 4.78 is 0. The van der Waals surface area contributed by atoms with Gasteiger partial charge in [0.25, 0.3) is 0 Å². The fraction of sp³-hybridized carbons (Fsp3) is 0.951. The number of aliphatic carboxylic acids is 2. The number of aliphatic hydroxyl groups is 5. The molecule has 10 heteroatoms. The zero-order valence-electron chi connectivity index (χ0n) is 33.3. The Bertz CT molecular complexity index is 615. The number of rotatable bonds is 36. The summed E-state index contributed by atoms with van der Waals surface area (Å²) in [5.41, 5.74) is 0. The second-order valence-corrected chi connectivity index (χ2v) is 14.1. The molecule has 302 valence electrons. The van der Waals surface area contributed by atoms with Crippen molar-refractivity contribution in [2.75, 3.05) is 13.2 Å². The summed E-state index contributed by atoms with van der Waals surface area (Å²) in [5.74, 6) is -1.81. The van der Waals surface area contributed by atoms with Crippen molar-refractivity contribution in [2.45, 2.75) is 238 Å². The van der Waals surface area contributed by atoms with Gasteiger partial charge in [-0.15, -0.1) is 0 Å². The van der Waals surface area contributed by atoms with Crippen molar-refractivity contribution in [3.63, 3.8) is 0 Å². The molecule has 0 amide bonds. The first-order chi connectivity index (χ1) is 24.2. The molecule has 0 aliphatic rings. The molecule has 3 atom stereocenters. The minimum Gasteiger partial charge on any atom is -0.550 e. The Balaban J connectivity index is -0.000000340. The van der Waals surface area contributed by atoms with E-state index >= 15 is 0 Å². The van der Waals surface area contributed by atoms with Crippen molar-refractivity contribution in [2.24, 2.45) is 0 Å². The molecule has 0 saturated carbocycles. The fourth-order valence-corrected chi connectivity index (χ4v) is 5.75. The third-order valence-electron chi connectivity index (χ3n) is 9.13. The first-order valence-corrected chi connectivity index (χ1v) is 20.8. The summed E-state index contributed by atoms with van der Waals surface area (Å²) >= 11 is 0. The molecule has 0 fully saturated rings. The van der Waals surface area contributed by atoms with Gasteiger partial charge in [-0.25, -0.2) is 0 Å². The van der Waals surface area contributed by atoms with Gasteiger partial charge in [-0.2, -0.15) is 0 Å². The molecule has 51 heavy (non-hydrogen) atoms. The first kappa shape index (κ1) is 57.2. The molecule has 0 rings (SSSR count). The minimum absolute atomic E-state index is 0. The molecule has 9 nitrogen and oxygen atoms in total. The summed E-state index contributed by atoms with van der Waals surface area (Å²) in [4.78, 5) is 20.4. The van der Waals surface area contributed by atoms with E-state index in [-0.39, 0.29) is 35.9 Å². The third-order valence-corrected chi connectivity index (χ3v) is 9.13. The van der Waals surface area contributed by atoms with E-state index in [2.05, 4.69) is 13.8 Å². The van der Waals surface area contributed by atoms with Crippen LogP contribution < -0.4 is 10.2 Å². The molecule has 0 bridgehead atoms. The Morgan fingerprint density at radius 2 is 0.569 bits per heavy atom. The zero-order valence-corrected chi connectivity index (χ0v) is 34.8. The predicted molar refractivity (Wildman–Crippen MR) is 207 cm³/mol. The summed E-state index contributed by atoms with van der Waals surface area (Å²) in [6.45, 7) is 3.25. The van der Waals surface area contributed by atoms with E-state index in [1.807, 2.05) is 0 Å². The van der Waals surface area contributed by atoms with Crippen LogP contribution in [0.1, 0.15) is 219 Å². The Kier molecular flexibility index (Phi) is 55.6. The van der Waals surface area contributed by atoms with Crippen molar-refractivity contribution < 1.29 is 45.3 Å². The van der Waals surface area contributed by atoms with Gasteiger partial charge in [0.05, 0.1) is 13.2 Å². The van der Waals surface area contributed by atoms with Crippen molar-refractivity contribution in [1.29, 1.82) is 0 Å². The molecule has 0 spiro atoms. The molecule has 0 heterocycles. The van der Waals surface area contributed by atoms with Crippen LogP contribution in [0.15, 0.2) is 0 Å². The molecule has 0 radical (unpaired) electrons. The monoisotopic (exact) mass is 743 g/mol. The van der Waals surface area contributed by atoms with E-state index in [0.717, 1.165) is 25.7 Å². The van der Waals surface area contributed by atoms with Crippen LogP contribution in [0.25, 0.3) is 0 Å². The minimum atomic E-state index is -1.49. The molecular weight excluding hydrogens is 661 g/mol. The molecule has 0 aromatic rings. The SMILES string of the molecule is CCCCCCCCCCCCCCCCCC(=O)[O-].CCCCCCCCCCCCCCCCCC(=O)[O-].OC[C@@H](O)[C@H](O)[C@@H](O)CO.[Mg+2]. The maximum Gasteiger partial charge on any atom is 2.00 e. The molecule has 0 aliphatic carbocycles. The average molecular weight is 743 g/mol. The standard InChI is InChI=1S/2C18H36O2.C5H12O5.Mg/c2*1-2-3-4-5-6-7-8-9-10-11-12-13-14-15-16-17-18(19)20;6-1-3(8)5(10)4(9)2-7;/h2*2-17H2,1H3,(H,19,20);3-10H,1-2H2;/q;;;+2/p-2/t;;3-,4+,5+;. The Morgan fingerprint density at radius 1 is 0.392 bits per heavy atom. The van der Waals surface area contributed by atoms with Gasteiger partial charge in [0, 0.05) is 11.9 Å². The van der Waals surface area contributed by atoms with E-state index in [9.17, 15) is 19.8 Å². The Labute approximate surface area is 330 Å². The Morgan fingerprint density at radius 3 is 0.725 bits per heavy atom. The second-order valence-electron chi connectivity index (χ2n) is 14.1. The maximum absolute atomic E-state index is 10.2. The van der Waals surface area contributed by atoms with Crippen molar-refractivity contribution >= 4 is 35.0 Å². The number of carbonyl (C=O) groups excluding carboxylic acids is 2. The van der Waals surface area contributed by atoms with Crippen LogP contribution in [0.2, 0.25) is 0 Å². The van der Waals surface area contributed by atoms with Crippen LogP contribution in [0.5, 0.6) is 0 Å². The first-order valence-electron chi connectivity index (χ1n) is 20.8. The zero-order chi connectivity index (χ0) is 37.9. The molecular formula is C41H82MgO9. The van der Waals surface area contributed by atoms with Crippen LogP contribution in [0, 0.1) is 0 Å². The van der Waals surface area contributed by atoms with E-state index in [1.54, 1.807) is 0 Å². The predicted octanol–water partition coefficient (Wildman–Crippen LogP) is 6.67. The van der Waals surface area contributed by atoms with Crippen LogP contribution in [-0.4, -0.2) is 92.0 Å². The van der Waals surface area contributed by atoms with Crippen molar-refractivity contribution in [1.82, 2.24) is 0 Å². The smallest absolute Gasteiger partial charge is 0.550 e. The maximum atomic E-state index is 10.2. The fourth-order valence-electron chi connectivity index (χ4n) is 5.75. The topological polar surface area (TPSA) is 181 Å². The van der Waals surface area contributed by atoms with E-state index in [1.165, 1.54) is 167 Å². The number of carboxylic acid groups (broad SMARTS) is 2. The number of unbranched alkanes of at least 4 members (excludes halogenated alkanes) is 28. The van der Waals surface area contributed by atoms with E-state index in [0.29, 0.717) is 0 Å². The van der Waals surface area contributed by atoms with Crippen LogP contribution in [-0.2, 0) is 9.59 Å². The number of hydrogen-bond acceptors (Lipinski definition) is 9. The van der Waals surface area contributed by atoms with Gasteiger partial charge < -0.3 is 45.3 Å². The molecule has 0 saturated heterocycles. The van der Waals surface area contributed by atoms with Gasteiger partial charge in [0.2, 0.25) is 0 Å². The van der Waals surface area contributed by atoms with Crippen LogP contribution >= 0.6 is 0 Å². The number of carboxylic acids is 2. The Hall–Kier alpha value is -0.494. The van der Waals surface area contributed by atoms with Gasteiger partial charge in [-0.1, -0.05) is 194 Å². The summed E-state index contributed by atoms with van der Waals surface area (Å²) in [5, 5.41) is 63.0. The summed E-state index contributed by atoms with van der Waals surface area (Å²) in [6.07, 6.45) is 35.4. The molecule has 5 N–H and O–H groups in total. The molecule has 0 aromatic carbocycles. The van der Waals surface area contributed by atoms with E-state index in [4.69, 9.17) is 25.5 Å². The number of carbonyl (C=O) groups is 2. The number of aliphatic hydroxyl groups excluding tert-OH is 5. The average Bonchev–Trinajstić information content (AvgIpc) is 3.10. The van der Waals surface area contributed by atoms with Gasteiger partial charge in [0.1, 0.15) is 18.3 Å². The van der Waals surface area contributed by atoms with Crippen molar-refractivity contribution in [3.05, 3.63) is 0 Å². The second kappa shape index (κ2) is 49.5. The third kappa shape index (κ3) is 54.0.